The van der Waals surface area contributed by atoms with E-state index < -0.39 is 16.1 Å². The molecule has 6 nitrogen and oxygen atoms in total. The number of hydrogen-bond acceptors (Lipinski definition) is 4. The first-order chi connectivity index (χ1) is 13.2. The number of benzene rings is 2. The largest absolute Gasteiger partial charge is 0.476 e. The summed E-state index contributed by atoms with van der Waals surface area (Å²) in [7, 11) is -3.58. The fraction of sp³-hybridized carbons (Fsp3) is 0.350. The van der Waals surface area contributed by atoms with E-state index in [0.29, 0.717) is 16.5 Å². The average molecular weight is 423 g/mol. The molecular weight excluding hydrogens is 400 g/mol. The summed E-state index contributed by atoms with van der Waals surface area (Å²) in [4.78, 5) is 12.7. The second-order valence-electron chi connectivity index (χ2n) is 6.95. The number of amides is 1. The second-order valence-corrected chi connectivity index (χ2v) is 9.29. The number of nitrogens with zero attached hydrogens (tertiary/aromatic N) is 1. The van der Waals surface area contributed by atoms with Gasteiger partial charge in [-0.25, -0.2) is 8.42 Å². The third-order valence-electron chi connectivity index (χ3n) is 4.58. The van der Waals surface area contributed by atoms with Crippen molar-refractivity contribution in [3.63, 3.8) is 0 Å². The molecule has 1 aliphatic heterocycles. The van der Waals surface area contributed by atoms with Crippen LogP contribution >= 0.6 is 11.6 Å². The number of sulfonamides is 1. The highest BCUT2D eigenvalue weighted by Crippen LogP contribution is 2.37. The fourth-order valence-corrected chi connectivity index (χ4v) is 4.18. The zero-order chi connectivity index (χ0) is 20.3. The van der Waals surface area contributed by atoms with Crippen LogP contribution < -0.4 is 14.4 Å². The summed E-state index contributed by atoms with van der Waals surface area (Å²) in [6.45, 7) is 1.83. The molecule has 1 heterocycles. The molecule has 0 aromatic heterocycles. The Balaban J connectivity index is 1.67. The van der Waals surface area contributed by atoms with Crippen LogP contribution in [0.2, 0.25) is 5.02 Å². The molecule has 28 heavy (non-hydrogen) atoms. The van der Waals surface area contributed by atoms with Crippen LogP contribution in [0.5, 0.6) is 5.75 Å². The normalized spacial score (nSPS) is 17.4. The summed E-state index contributed by atoms with van der Waals surface area (Å²) in [6, 6.07) is 14.7. The molecule has 0 fully saturated rings. The van der Waals surface area contributed by atoms with Gasteiger partial charge in [-0.3, -0.25) is 9.10 Å². The van der Waals surface area contributed by atoms with Gasteiger partial charge >= 0.3 is 0 Å². The fourth-order valence-electron chi connectivity index (χ4n) is 3.11. The molecule has 1 aliphatic rings. The van der Waals surface area contributed by atoms with Crippen LogP contribution in [0.15, 0.2) is 48.5 Å². The topological polar surface area (TPSA) is 75.7 Å². The van der Waals surface area contributed by atoms with E-state index in [4.69, 9.17) is 16.3 Å². The molecule has 1 N–H and O–H groups in total. The molecule has 0 unspecified atom stereocenters. The maximum Gasteiger partial charge on any atom is 0.263 e. The van der Waals surface area contributed by atoms with E-state index in [9.17, 15) is 13.2 Å². The van der Waals surface area contributed by atoms with Gasteiger partial charge in [-0.2, -0.15) is 0 Å². The third-order valence-corrected chi connectivity index (χ3v) is 5.96. The number of carbonyl (C=O) groups is 1. The van der Waals surface area contributed by atoms with Crippen molar-refractivity contribution in [3.05, 3.63) is 59.1 Å². The molecule has 0 saturated carbocycles. The minimum atomic E-state index is -3.58. The van der Waals surface area contributed by atoms with Crippen LogP contribution in [0, 0.1) is 0 Å². The van der Waals surface area contributed by atoms with Crippen molar-refractivity contribution in [1.29, 1.82) is 0 Å². The number of ether oxygens (including phenoxy) is 1. The number of anilines is 1. The standard InChI is InChI=1S/C20H23ClN2O4S/c1-14(8-9-15-6-4-3-5-7-15)22-20(24)19-13-23(28(2,25)26)17-12-16(21)10-11-18(17)27-19/h3-7,10-12,14,19H,8-9,13H2,1-2H3,(H,22,24)/t14-,19-/m1/s1. The highest BCUT2D eigenvalue weighted by Gasteiger charge is 2.35. The first-order valence-corrected chi connectivity index (χ1v) is 11.2. The second kappa shape index (κ2) is 8.41. The number of carbonyl (C=O) groups excluding carboxylic acids is 1. The van der Waals surface area contributed by atoms with Gasteiger partial charge in [0.2, 0.25) is 10.0 Å². The quantitative estimate of drug-likeness (QED) is 0.776. The molecule has 2 atom stereocenters. The van der Waals surface area contributed by atoms with E-state index in [-0.39, 0.29) is 18.5 Å². The smallest absolute Gasteiger partial charge is 0.263 e. The Morgan fingerprint density at radius 2 is 2.00 bits per heavy atom. The van der Waals surface area contributed by atoms with Crippen molar-refractivity contribution in [3.8, 4) is 5.75 Å². The number of hydrogen-bond donors (Lipinski definition) is 1. The van der Waals surface area contributed by atoms with Crippen molar-refractivity contribution in [2.75, 3.05) is 17.1 Å². The lowest BCUT2D eigenvalue weighted by molar-refractivity contribution is -0.128. The van der Waals surface area contributed by atoms with Gasteiger partial charge in [0.1, 0.15) is 5.75 Å². The van der Waals surface area contributed by atoms with Crippen LogP contribution in [0.4, 0.5) is 5.69 Å². The molecule has 1 amide bonds. The summed E-state index contributed by atoms with van der Waals surface area (Å²) < 4.78 is 31.3. The van der Waals surface area contributed by atoms with Crippen LogP contribution in [-0.2, 0) is 21.2 Å². The van der Waals surface area contributed by atoms with E-state index >= 15 is 0 Å². The van der Waals surface area contributed by atoms with Crippen molar-refractivity contribution in [1.82, 2.24) is 5.32 Å². The van der Waals surface area contributed by atoms with E-state index in [1.807, 2.05) is 37.3 Å². The molecule has 3 rings (SSSR count). The minimum absolute atomic E-state index is 0.0744. The van der Waals surface area contributed by atoms with E-state index in [0.717, 1.165) is 23.4 Å². The molecule has 0 aliphatic carbocycles. The number of nitrogens with one attached hydrogen (secondary N) is 1. The Morgan fingerprint density at radius 3 is 2.68 bits per heavy atom. The van der Waals surface area contributed by atoms with E-state index in [2.05, 4.69) is 5.32 Å². The summed E-state index contributed by atoms with van der Waals surface area (Å²) >= 11 is 5.99. The highest BCUT2D eigenvalue weighted by molar-refractivity contribution is 7.92. The molecular formula is C20H23ClN2O4S. The Bertz CT molecular complexity index is 950. The molecule has 2 aromatic carbocycles. The van der Waals surface area contributed by atoms with Gasteiger partial charge < -0.3 is 10.1 Å². The zero-order valence-corrected chi connectivity index (χ0v) is 17.3. The predicted octanol–water partition coefficient (Wildman–Crippen LogP) is 3.00. The van der Waals surface area contributed by atoms with Gasteiger partial charge in [-0.1, -0.05) is 41.9 Å². The molecule has 0 spiro atoms. The Morgan fingerprint density at radius 1 is 1.29 bits per heavy atom. The molecule has 150 valence electrons. The first kappa shape index (κ1) is 20.5. The third kappa shape index (κ3) is 4.97. The minimum Gasteiger partial charge on any atom is -0.476 e. The van der Waals surface area contributed by atoms with E-state index in [1.54, 1.807) is 12.1 Å². The molecule has 0 radical (unpaired) electrons. The van der Waals surface area contributed by atoms with Gasteiger partial charge in [-0.05, 0) is 43.5 Å². The summed E-state index contributed by atoms with van der Waals surface area (Å²) in [6.07, 6.45) is 1.78. The molecule has 2 aromatic rings. The van der Waals surface area contributed by atoms with Crippen molar-refractivity contribution < 1.29 is 17.9 Å². The number of aryl methyl sites for hydroxylation is 1. The number of fused-ring (bicyclic) bond motifs is 1. The predicted molar refractivity (Wildman–Crippen MR) is 110 cm³/mol. The summed E-state index contributed by atoms with van der Waals surface area (Å²) in [5, 5.41) is 3.32. The van der Waals surface area contributed by atoms with Crippen LogP contribution in [0.3, 0.4) is 0 Å². The lowest BCUT2D eigenvalue weighted by Gasteiger charge is -2.34. The summed E-state index contributed by atoms with van der Waals surface area (Å²) in [5.41, 5.74) is 1.54. The number of halogens is 1. The van der Waals surface area contributed by atoms with Crippen LogP contribution in [-0.4, -0.2) is 39.3 Å². The van der Waals surface area contributed by atoms with Gasteiger partial charge in [0, 0.05) is 11.1 Å². The average Bonchev–Trinajstić information content (AvgIpc) is 2.65. The van der Waals surface area contributed by atoms with Gasteiger partial charge in [0.15, 0.2) is 6.10 Å². The Kier molecular flexibility index (Phi) is 6.15. The maximum absolute atomic E-state index is 12.7. The molecule has 0 bridgehead atoms. The Hall–Kier alpha value is -2.25. The van der Waals surface area contributed by atoms with Gasteiger partial charge in [0.05, 0.1) is 18.5 Å². The lowest BCUT2D eigenvalue weighted by atomic mass is 10.1. The number of rotatable bonds is 6. The highest BCUT2D eigenvalue weighted by atomic mass is 35.5. The van der Waals surface area contributed by atoms with Crippen molar-refractivity contribution in [2.45, 2.75) is 31.9 Å². The van der Waals surface area contributed by atoms with Crippen LogP contribution in [0.1, 0.15) is 18.9 Å². The monoisotopic (exact) mass is 422 g/mol. The maximum atomic E-state index is 12.7. The molecule has 8 heteroatoms. The van der Waals surface area contributed by atoms with Gasteiger partial charge in [-0.15, -0.1) is 0 Å². The SMILES string of the molecule is C[C@H](CCc1ccccc1)NC(=O)[C@H]1CN(S(C)(=O)=O)c2cc(Cl)ccc2O1. The Labute approximate surface area is 170 Å². The lowest BCUT2D eigenvalue weighted by Crippen LogP contribution is -2.52. The first-order valence-electron chi connectivity index (χ1n) is 9.02. The van der Waals surface area contributed by atoms with Crippen LogP contribution in [0.25, 0.3) is 0 Å². The summed E-state index contributed by atoms with van der Waals surface area (Å²) in [5.74, 6) is -0.0204. The van der Waals surface area contributed by atoms with Crippen molar-refractivity contribution >= 4 is 33.2 Å². The van der Waals surface area contributed by atoms with Gasteiger partial charge in [0.25, 0.3) is 5.91 Å². The zero-order valence-electron chi connectivity index (χ0n) is 15.8. The molecule has 0 saturated heterocycles. The van der Waals surface area contributed by atoms with Crippen molar-refractivity contribution in [2.24, 2.45) is 0 Å². The van der Waals surface area contributed by atoms with E-state index in [1.165, 1.54) is 11.6 Å².